The summed E-state index contributed by atoms with van der Waals surface area (Å²) in [5, 5.41) is 11.8. The molecule has 5 nitrogen and oxygen atoms in total. The molecule has 0 radical (unpaired) electrons. The van der Waals surface area contributed by atoms with Crippen LogP contribution in [0.25, 0.3) is 5.69 Å². The number of hydrogen-bond acceptors (Lipinski definition) is 4. The molecule has 2 aromatic carbocycles. The third kappa shape index (κ3) is 4.52. The van der Waals surface area contributed by atoms with Gasteiger partial charge in [-0.2, -0.15) is 0 Å². The van der Waals surface area contributed by atoms with Crippen LogP contribution in [-0.4, -0.2) is 26.4 Å². The number of benzene rings is 2. The van der Waals surface area contributed by atoms with E-state index in [1.807, 2.05) is 35.8 Å². The zero-order valence-electron chi connectivity index (χ0n) is 15.2. The van der Waals surface area contributed by atoms with Crippen molar-refractivity contribution in [1.29, 1.82) is 0 Å². The third-order valence-corrected chi connectivity index (χ3v) is 5.08. The molecule has 0 aliphatic carbocycles. The molecule has 0 aliphatic rings. The molecule has 1 aromatic heterocycles. The third-order valence-electron chi connectivity index (χ3n) is 4.14. The second kappa shape index (κ2) is 8.19. The molecule has 0 fully saturated rings. The van der Waals surface area contributed by atoms with Crippen LogP contribution in [0, 0.1) is 20.8 Å². The van der Waals surface area contributed by atoms with Gasteiger partial charge in [0, 0.05) is 12.2 Å². The van der Waals surface area contributed by atoms with Crippen molar-refractivity contribution in [3.63, 3.8) is 0 Å². The summed E-state index contributed by atoms with van der Waals surface area (Å²) < 4.78 is 1.89. The highest BCUT2D eigenvalue weighted by Gasteiger charge is 2.10. The molecule has 6 heteroatoms. The lowest BCUT2D eigenvalue weighted by Crippen LogP contribution is -2.25. The standard InChI is InChI=1S/C20H22N4OS/c1-14-5-8-18(9-6-14)24-13-22-23-20(24)26-12-19(25)21-11-17-7-4-15(2)10-16(17)3/h4-10,13H,11-12H2,1-3H3,(H,21,25). The van der Waals surface area contributed by atoms with Gasteiger partial charge >= 0.3 is 0 Å². The van der Waals surface area contributed by atoms with Crippen molar-refractivity contribution in [3.8, 4) is 5.69 Å². The number of rotatable bonds is 6. The van der Waals surface area contributed by atoms with E-state index >= 15 is 0 Å². The molecule has 0 spiro atoms. The van der Waals surface area contributed by atoms with Crippen molar-refractivity contribution < 1.29 is 4.79 Å². The van der Waals surface area contributed by atoms with Gasteiger partial charge in [-0.05, 0) is 44.0 Å². The first-order valence-corrected chi connectivity index (χ1v) is 9.44. The first-order valence-electron chi connectivity index (χ1n) is 8.45. The van der Waals surface area contributed by atoms with E-state index in [1.165, 1.54) is 28.5 Å². The summed E-state index contributed by atoms with van der Waals surface area (Å²) in [6, 6.07) is 14.4. The molecule has 1 heterocycles. The summed E-state index contributed by atoms with van der Waals surface area (Å²) in [6.45, 7) is 6.71. The van der Waals surface area contributed by atoms with Crippen molar-refractivity contribution in [2.45, 2.75) is 32.5 Å². The van der Waals surface area contributed by atoms with Crippen LogP contribution in [-0.2, 0) is 11.3 Å². The van der Waals surface area contributed by atoms with Gasteiger partial charge in [0.2, 0.25) is 5.91 Å². The van der Waals surface area contributed by atoms with Gasteiger partial charge in [-0.25, -0.2) is 0 Å². The number of carbonyl (C=O) groups excluding carboxylic acids is 1. The molecule has 0 saturated heterocycles. The van der Waals surface area contributed by atoms with Crippen molar-refractivity contribution >= 4 is 17.7 Å². The van der Waals surface area contributed by atoms with Crippen LogP contribution in [0.1, 0.15) is 22.3 Å². The molecule has 0 atom stereocenters. The number of nitrogens with one attached hydrogen (secondary N) is 1. The fraction of sp³-hybridized carbons (Fsp3) is 0.250. The summed E-state index contributed by atoms with van der Waals surface area (Å²) in [7, 11) is 0. The van der Waals surface area contributed by atoms with E-state index in [0.29, 0.717) is 17.5 Å². The zero-order valence-corrected chi connectivity index (χ0v) is 16.0. The lowest BCUT2D eigenvalue weighted by Gasteiger charge is -2.09. The SMILES string of the molecule is Cc1ccc(-n2cnnc2SCC(=O)NCc2ccc(C)cc2C)cc1. The maximum atomic E-state index is 12.2. The number of hydrogen-bond donors (Lipinski definition) is 1. The smallest absolute Gasteiger partial charge is 0.230 e. The quantitative estimate of drug-likeness (QED) is 0.677. The minimum Gasteiger partial charge on any atom is -0.351 e. The topological polar surface area (TPSA) is 59.8 Å². The lowest BCUT2D eigenvalue weighted by molar-refractivity contribution is -0.118. The van der Waals surface area contributed by atoms with Crippen LogP contribution in [0.15, 0.2) is 53.9 Å². The fourth-order valence-electron chi connectivity index (χ4n) is 2.62. The predicted molar refractivity (Wildman–Crippen MR) is 105 cm³/mol. The fourth-order valence-corrected chi connectivity index (χ4v) is 3.38. The van der Waals surface area contributed by atoms with Gasteiger partial charge in [0.1, 0.15) is 6.33 Å². The van der Waals surface area contributed by atoms with E-state index in [1.54, 1.807) is 6.33 Å². The van der Waals surface area contributed by atoms with E-state index in [9.17, 15) is 4.79 Å². The van der Waals surface area contributed by atoms with Crippen molar-refractivity contribution in [1.82, 2.24) is 20.1 Å². The minimum atomic E-state index is -0.0200. The molecule has 3 rings (SSSR count). The Morgan fingerprint density at radius 1 is 1.08 bits per heavy atom. The number of thioether (sulfide) groups is 1. The molecule has 1 amide bonds. The van der Waals surface area contributed by atoms with Crippen LogP contribution >= 0.6 is 11.8 Å². The van der Waals surface area contributed by atoms with Gasteiger partial charge in [-0.3, -0.25) is 9.36 Å². The van der Waals surface area contributed by atoms with Gasteiger partial charge < -0.3 is 5.32 Å². The normalized spacial score (nSPS) is 10.7. The van der Waals surface area contributed by atoms with Gasteiger partial charge in [0.15, 0.2) is 5.16 Å². The molecule has 0 saturated carbocycles. The van der Waals surface area contributed by atoms with Gasteiger partial charge in [0.05, 0.1) is 5.75 Å². The number of aromatic nitrogens is 3. The van der Waals surface area contributed by atoms with Gasteiger partial charge in [-0.1, -0.05) is 53.2 Å². The molecule has 1 N–H and O–H groups in total. The highest BCUT2D eigenvalue weighted by atomic mass is 32.2. The summed E-state index contributed by atoms with van der Waals surface area (Å²) >= 11 is 1.38. The van der Waals surface area contributed by atoms with Crippen molar-refractivity contribution in [3.05, 3.63) is 71.0 Å². The monoisotopic (exact) mass is 366 g/mol. The number of carbonyl (C=O) groups is 1. The average Bonchev–Trinajstić information content (AvgIpc) is 3.08. The molecule has 134 valence electrons. The first-order chi connectivity index (χ1) is 12.5. The van der Waals surface area contributed by atoms with E-state index in [4.69, 9.17) is 0 Å². The maximum Gasteiger partial charge on any atom is 0.230 e. The molecular weight excluding hydrogens is 344 g/mol. The molecule has 3 aromatic rings. The van der Waals surface area contributed by atoms with E-state index in [0.717, 1.165) is 11.3 Å². The lowest BCUT2D eigenvalue weighted by atomic mass is 10.1. The summed E-state index contributed by atoms with van der Waals surface area (Å²) in [5.74, 6) is 0.281. The Balaban J connectivity index is 1.57. The highest BCUT2D eigenvalue weighted by Crippen LogP contribution is 2.19. The van der Waals surface area contributed by atoms with Crippen molar-refractivity contribution in [2.24, 2.45) is 0 Å². The van der Waals surface area contributed by atoms with Crippen LogP contribution in [0.5, 0.6) is 0 Å². The Kier molecular flexibility index (Phi) is 5.73. The minimum absolute atomic E-state index is 0.0200. The second-order valence-electron chi connectivity index (χ2n) is 6.31. The Labute approximate surface area is 157 Å². The number of nitrogens with zero attached hydrogens (tertiary/aromatic N) is 3. The van der Waals surface area contributed by atoms with Gasteiger partial charge in [-0.15, -0.1) is 10.2 Å². The largest absolute Gasteiger partial charge is 0.351 e. The summed E-state index contributed by atoms with van der Waals surface area (Å²) in [5.41, 5.74) is 5.73. The summed E-state index contributed by atoms with van der Waals surface area (Å²) in [6.07, 6.45) is 1.67. The van der Waals surface area contributed by atoms with E-state index < -0.39 is 0 Å². The Morgan fingerprint density at radius 3 is 2.54 bits per heavy atom. The molecule has 0 bridgehead atoms. The van der Waals surface area contributed by atoms with Crippen LogP contribution in [0.3, 0.4) is 0 Å². The molecule has 0 unspecified atom stereocenters. The number of aryl methyl sites for hydroxylation is 3. The Bertz CT molecular complexity index is 902. The van der Waals surface area contributed by atoms with Crippen LogP contribution in [0.2, 0.25) is 0 Å². The van der Waals surface area contributed by atoms with Gasteiger partial charge in [0.25, 0.3) is 0 Å². The van der Waals surface area contributed by atoms with Crippen LogP contribution < -0.4 is 5.32 Å². The molecule has 0 aliphatic heterocycles. The van der Waals surface area contributed by atoms with Crippen molar-refractivity contribution in [2.75, 3.05) is 5.75 Å². The Morgan fingerprint density at radius 2 is 1.81 bits per heavy atom. The average molecular weight is 366 g/mol. The first kappa shape index (κ1) is 18.2. The maximum absolute atomic E-state index is 12.2. The zero-order chi connectivity index (χ0) is 18.5. The molecule has 26 heavy (non-hydrogen) atoms. The Hall–Kier alpha value is -2.60. The van der Waals surface area contributed by atoms with E-state index in [2.05, 4.69) is 47.6 Å². The predicted octanol–water partition coefficient (Wildman–Crippen LogP) is 3.60. The summed E-state index contributed by atoms with van der Waals surface area (Å²) in [4.78, 5) is 12.2. The number of amides is 1. The van der Waals surface area contributed by atoms with Crippen LogP contribution in [0.4, 0.5) is 0 Å². The van der Waals surface area contributed by atoms with E-state index in [-0.39, 0.29) is 5.91 Å². The molecular formula is C20H22N4OS. The second-order valence-corrected chi connectivity index (χ2v) is 7.26. The highest BCUT2D eigenvalue weighted by molar-refractivity contribution is 7.99.